The summed E-state index contributed by atoms with van der Waals surface area (Å²) >= 11 is 0. The fraction of sp³-hybridized carbons (Fsp3) is 0.200. The Labute approximate surface area is 78.9 Å². The largest absolute Gasteiger partial charge is 0.216 e. The molecule has 0 N–H and O–H groups in total. The summed E-state index contributed by atoms with van der Waals surface area (Å²) in [6, 6.07) is 1.71. The lowest BCUT2D eigenvalue weighted by atomic mass is 10.1. The van der Waals surface area contributed by atoms with E-state index in [2.05, 4.69) is 0 Å². The van der Waals surface area contributed by atoms with Crippen molar-refractivity contribution in [3.05, 3.63) is 47.1 Å². The molecular weight excluding hydrogens is 196 g/mol. The molecule has 0 fully saturated rings. The molecule has 0 saturated heterocycles. The lowest BCUT2D eigenvalue weighted by Gasteiger charge is -2.02. The third-order valence-electron chi connectivity index (χ3n) is 1.71. The van der Waals surface area contributed by atoms with Gasteiger partial charge in [-0.3, -0.25) is 0 Å². The van der Waals surface area contributed by atoms with Crippen LogP contribution >= 0.6 is 0 Å². The van der Waals surface area contributed by atoms with Crippen LogP contribution in [0.25, 0.3) is 0 Å². The number of benzene rings is 1. The van der Waals surface area contributed by atoms with Crippen molar-refractivity contribution in [1.29, 1.82) is 0 Å². The van der Waals surface area contributed by atoms with E-state index in [1.807, 2.05) is 0 Å². The monoisotopic (exact) mass is 204 g/mol. The van der Waals surface area contributed by atoms with Crippen LogP contribution in [0.5, 0.6) is 0 Å². The summed E-state index contributed by atoms with van der Waals surface area (Å²) in [7, 11) is 0. The smallest absolute Gasteiger partial charge is 0.194 e. The van der Waals surface area contributed by atoms with Gasteiger partial charge in [-0.15, -0.1) is 0 Å². The average Bonchev–Trinajstić information content (AvgIpc) is 2.14. The zero-order valence-corrected chi connectivity index (χ0v) is 7.45. The topological polar surface area (TPSA) is 0 Å². The van der Waals surface area contributed by atoms with Crippen molar-refractivity contribution in [2.24, 2.45) is 0 Å². The second-order valence-electron chi connectivity index (χ2n) is 3.01. The van der Waals surface area contributed by atoms with Crippen LogP contribution in [0.1, 0.15) is 12.5 Å². The third kappa shape index (κ3) is 2.34. The van der Waals surface area contributed by atoms with Gasteiger partial charge in [0, 0.05) is 0 Å². The summed E-state index contributed by atoms with van der Waals surface area (Å²) in [5.74, 6) is -4.02. The molecule has 0 nitrogen and oxygen atoms in total. The van der Waals surface area contributed by atoms with Gasteiger partial charge >= 0.3 is 0 Å². The predicted molar refractivity (Wildman–Crippen MR) is 44.9 cm³/mol. The molecule has 4 heteroatoms. The first-order chi connectivity index (χ1) is 6.54. The van der Waals surface area contributed by atoms with E-state index in [1.165, 1.54) is 6.92 Å². The van der Waals surface area contributed by atoms with Gasteiger partial charge in [-0.25, -0.2) is 17.6 Å². The van der Waals surface area contributed by atoms with Gasteiger partial charge in [0.1, 0.15) is 0 Å². The molecule has 0 bridgehead atoms. The van der Waals surface area contributed by atoms with Crippen molar-refractivity contribution in [3.8, 4) is 0 Å². The number of allylic oxidation sites excluding steroid dienone is 1. The second kappa shape index (κ2) is 4.26. The molecule has 1 aromatic carbocycles. The van der Waals surface area contributed by atoms with Gasteiger partial charge in [-0.2, -0.15) is 0 Å². The molecule has 0 atom stereocenters. The molecule has 76 valence electrons. The van der Waals surface area contributed by atoms with Gasteiger partial charge < -0.3 is 0 Å². The van der Waals surface area contributed by atoms with Crippen molar-refractivity contribution in [2.45, 2.75) is 13.3 Å². The Hall–Kier alpha value is -1.32. The van der Waals surface area contributed by atoms with Crippen molar-refractivity contribution in [2.75, 3.05) is 0 Å². The zero-order valence-electron chi connectivity index (χ0n) is 7.45. The Morgan fingerprint density at radius 1 is 1.21 bits per heavy atom. The molecule has 0 aliphatic heterocycles. The molecule has 1 aromatic rings. The zero-order chi connectivity index (χ0) is 10.7. The summed E-state index contributed by atoms with van der Waals surface area (Å²) in [5, 5.41) is 0. The van der Waals surface area contributed by atoms with Crippen LogP contribution in [0.2, 0.25) is 0 Å². The van der Waals surface area contributed by atoms with Crippen molar-refractivity contribution < 1.29 is 17.6 Å². The number of hydrogen-bond acceptors (Lipinski definition) is 0. The van der Waals surface area contributed by atoms with E-state index in [1.54, 1.807) is 0 Å². The Morgan fingerprint density at radius 3 is 2.14 bits per heavy atom. The lowest BCUT2D eigenvalue weighted by molar-refractivity contribution is 0.445. The van der Waals surface area contributed by atoms with Gasteiger partial charge in [0.05, 0.1) is 6.33 Å². The summed E-state index contributed by atoms with van der Waals surface area (Å²) in [5.41, 5.74) is 0.517. The van der Waals surface area contributed by atoms with E-state index in [0.717, 1.165) is 12.1 Å². The van der Waals surface area contributed by atoms with Crippen LogP contribution in [0.15, 0.2) is 24.0 Å². The van der Waals surface area contributed by atoms with E-state index in [-0.39, 0.29) is 12.0 Å². The quantitative estimate of drug-likeness (QED) is 0.510. The summed E-state index contributed by atoms with van der Waals surface area (Å²) in [6.07, 6.45) is 0.407. The van der Waals surface area contributed by atoms with Gasteiger partial charge in [-0.1, -0.05) is 0 Å². The summed E-state index contributed by atoms with van der Waals surface area (Å²) < 4.78 is 49.8. The van der Waals surface area contributed by atoms with Crippen molar-refractivity contribution in [1.82, 2.24) is 0 Å². The molecule has 0 unspecified atom stereocenters. The minimum Gasteiger partial charge on any atom is -0.216 e. The third-order valence-corrected chi connectivity index (χ3v) is 1.71. The Morgan fingerprint density at radius 2 is 1.71 bits per heavy atom. The molecule has 0 saturated carbocycles. The number of hydrogen-bond donors (Lipinski definition) is 0. The average molecular weight is 204 g/mol. The molecule has 0 heterocycles. The van der Waals surface area contributed by atoms with E-state index in [9.17, 15) is 17.6 Å². The molecule has 0 aromatic heterocycles. The number of rotatable bonds is 2. The van der Waals surface area contributed by atoms with E-state index in [0.29, 0.717) is 11.9 Å². The summed E-state index contributed by atoms with van der Waals surface area (Å²) in [4.78, 5) is 0. The molecule has 0 aliphatic carbocycles. The van der Waals surface area contributed by atoms with Crippen LogP contribution in [-0.2, 0) is 6.42 Å². The molecule has 0 aliphatic rings. The first kappa shape index (κ1) is 10.8. The molecule has 14 heavy (non-hydrogen) atoms. The normalized spacial score (nSPS) is 11.9. The second-order valence-corrected chi connectivity index (χ2v) is 3.01. The Bertz CT molecular complexity index is 345. The highest BCUT2D eigenvalue weighted by molar-refractivity contribution is 5.23. The highest BCUT2D eigenvalue weighted by Crippen LogP contribution is 2.16. The van der Waals surface area contributed by atoms with Crippen LogP contribution in [0.3, 0.4) is 0 Å². The SMILES string of the molecule is C/C(=C/F)Cc1cc(F)c(F)c(F)c1. The van der Waals surface area contributed by atoms with Gasteiger partial charge in [0.15, 0.2) is 17.5 Å². The fourth-order valence-electron chi connectivity index (χ4n) is 1.07. The van der Waals surface area contributed by atoms with Crippen LogP contribution in [0, 0.1) is 17.5 Å². The van der Waals surface area contributed by atoms with E-state index >= 15 is 0 Å². The first-order valence-electron chi connectivity index (χ1n) is 3.94. The molecule has 0 spiro atoms. The highest BCUT2D eigenvalue weighted by atomic mass is 19.2. The summed E-state index contributed by atoms with van der Waals surface area (Å²) in [6.45, 7) is 1.47. The molecule has 1 rings (SSSR count). The minimum absolute atomic E-state index is 0.0601. The Balaban J connectivity index is 3.01. The first-order valence-corrected chi connectivity index (χ1v) is 3.94. The lowest BCUT2D eigenvalue weighted by Crippen LogP contribution is -1.95. The van der Waals surface area contributed by atoms with Crippen LogP contribution in [0.4, 0.5) is 17.6 Å². The van der Waals surface area contributed by atoms with E-state index in [4.69, 9.17) is 0 Å². The maximum atomic E-state index is 12.7. The van der Waals surface area contributed by atoms with Gasteiger partial charge in [-0.05, 0) is 36.6 Å². The van der Waals surface area contributed by atoms with Crippen molar-refractivity contribution >= 4 is 0 Å². The molecule has 0 radical (unpaired) electrons. The predicted octanol–water partition coefficient (Wildman–Crippen LogP) is 3.52. The molecule has 0 amide bonds. The van der Waals surface area contributed by atoms with E-state index < -0.39 is 17.5 Å². The Kier molecular flexibility index (Phi) is 3.28. The van der Waals surface area contributed by atoms with Crippen molar-refractivity contribution in [3.63, 3.8) is 0 Å². The molecular formula is C10H8F4. The maximum absolute atomic E-state index is 12.7. The minimum atomic E-state index is -1.50. The van der Waals surface area contributed by atoms with Gasteiger partial charge in [0.25, 0.3) is 0 Å². The number of halogens is 4. The fourth-order valence-corrected chi connectivity index (χ4v) is 1.07. The van der Waals surface area contributed by atoms with Crippen LogP contribution in [-0.4, -0.2) is 0 Å². The maximum Gasteiger partial charge on any atom is 0.194 e. The highest BCUT2D eigenvalue weighted by Gasteiger charge is 2.10. The van der Waals surface area contributed by atoms with Crippen LogP contribution < -0.4 is 0 Å². The standard InChI is InChI=1S/C10H8F4/c1-6(5-11)2-7-3-8(12)10(14)9(13)4-7/h3-5H,2H2,1H3/b6-5-. The van der Waals surface area contributed by atoms with Gasteiger partial charge in [0.2, 0.25) is 0 Å².